The molecule has 0 unspecified atom stereocenters. The Kier molecular flexibility index (Phi) is 7.50. The maximum atomic E-state index is 12.8. The number of amides is 2. The number of hydrogen-bond donors (Lipinski definition) is 2. The minimum atomic E-state index is -0.653. The highest BCUT2D eigenvalue weighted by Gasteiger charge is 2.26. The second-order valence-electron chi connectivity index (χ2n) is 6.82. The topological polar surface area (TPSA) is 93.7 Å². The smallest absolute Gasteiger partial charge is 0.341 e. The molecule has 3 aromatic rings. The summed E-state index contributed by atoms with van der Waals surface area (Å²) in [4.78, 5) is 37.9. The Morgan fingerprint density at radius 1 is 1.00 bits per heavy atom. The second-order valence-corrected chi connectivity index (χ2v) is 8.27. The van der Waals surface area contributed by atoms with Crippen molar-refractivity contribution in [3.05, 3.63) is 75.1 Å². The van der Waals surface area contributed by atoms with Gasteiger partial charge in [0.05, 0.1) is 17.6 Å². The van der Waals surface area contributed by atoms with E-state index < -0.39 is 17.8 Å². The van der Waals surface area contributed by atoms with Gasteiger partial charge < -0.3 is 20.1 Å². The molecule has 2 amide bonds. The molecule has 0 bridgehead atoms. The van der Waals surface area contributed by atoms with E-state index in [-0.39, 0.29) is 22.0 Å². The number of methoxy groups -OCH3 is 1. The van der Waals surface area contributed by atoms with Crippen molar-refractivity contribution in [2.24, 2.45) is 0 Å². The van der Waals surface area contributed by atoms with Gasteiger partial charge in [0.15, 0.2) is 6.61 Å². The Balaban J connectivity index is 1.79. The van der Waals surface area contributed by atoms with Crippen molar-refractivity contribution in [2.75, 3.05) is 24.4 Å². The predicted octanol–water partition coefficient (Wildman–Crippen LogP) is 5.07. The summed E-state index contributed by atoms with van der Waals surface area (Å²) in [6.45, 7) is 3.24. The number of halogens is 1. The largest absolute Gasteiger partial charge is 0.483 e. The molecule has 0 aliphatic carbocycles. The molecule has 2 aromatic carbocycles. The van der Waals surface area contributed by atoms with Crippen LogP contribution in [-0.4, -0.2) is 31.5 Å². The third-order valence-corrected chi connectivity index (χ3v) is 6.01. The van der Waals surface area contributed by atoms with Gasteiger partial charge >= 0.3 is 5.97 Å². The summed E-state index contributed by atoms with van der Waals surface area (Å²) in [5.41, 5.74) is 1.97. The average molecular weight is 473 g/mol. The van der Waals surface area contributed by atoms with Crippen molar-refractivity contribution < 1.29 is 23.9 Å². The fourth-order valence-corrected chi connectivity index (χ4v) is 4.14. The first-order valence-electron chi connectivity index (χ1n) is 9.57. The van der Waals surface area contributed by atoms with Crippen LogP contribution in [0.25, 0.3) is 0 Å². The lowest BCUT2D eigenvalue weighted by Crippen LogP contribution is -2.21. The number of ether oxygens (including phenoxy) is 2. The monoisotopic (exact) mass is 472 g/mol. The highest BCUT2D eigenvalue weighted by molar-refractivity contribution is 7.19. The van der Waals surface area contributed by atoms with Gasteiger partial charge in [-0.15, -0.1) is 11.3 Å². The summed E-state index contributed by atoms with van der Waals surface area (Å²) in [6, 6.07) is 13.9. The zero-order chi connectivity index (χ0) is 23.3. The summed E-state index contributed by atoms with van der Waals surface area (Å²) in [7, 11) is 1.24. The van der Waals surface area contributed by atoms with E-state index in [1.807, 2.05) is 25.1 Å². The van der Waals surface area contributed by atoms with E-state index in [4.69, 9.17) is 21.1 Å². The molecule has 0 aliphatic rings. The quantitative estimate of drug-likeness (QED) is 0.468. The van der Waals surface area contributed by atoms with Crippen LogP contribution in [0.5, 0.6) is 5.75 Å². The summed E-state index contributed by atoms with van der Waals surface area (Å²) >= 11 is 6.86. The van der Waals surface area contributed by atoms with Crippen LogP contribution in [0.3, 0.4) is 0 Å². The van der Waals surface area contributed by atoms with Gasteiger partial charge in [-0.05, 0) is 55.3 Å². The van der Waals surface area contributed by atoms with E-state index in [0.717, 1.165) is 16.9 Å². The number of para-hydroxylation sites is 1. The van der Waals surface area contributed by atoms with Gasteiger partial charge in [0, 0.05) is 10.7 Å². The number of benzene rings is 2. The fraction of sp³-hybridized carbons (Fsp3) is 0.174. The number of aryl methyl sites for hydroxylation is 1. The Hall–Kier alpha value is -3.36. The Morgan fingerprint density at radius 2 is 1.69 bits per heavy atom. The van der Waals surface area contributed by atoms with Gasteiger partial charge in [-0.2, -0.15) is 0 Å². The molecule has 32 heavy (non-hydrogen) atoms. The summed E-state index contributed by atoms with van der Waals surface area (Å²) in [6.07, 6.45) is 0. The molecule has 3 rings (SSSR count). The Labute approximate surface area is 194 Å². The van der Waals surface area contributed by atoms with Crippen molar-refractivity contribution in [3.8, 4) is 5.75 Å². The van der Waals surface area contributed by atoms with Crippen molar-refractivity contribution >= 4 is 51.4 Å². The van der Waals surface area contributed by atoms with Crippen LogP contribution in [0.4, 0.5) is 10.7 Å². The molecular formula is C23H21ClN2O5S. The van der Waals surface area contributed by atoms with Crippen molar-refractivity contribution in [1.82, 2.24) is 0 Å². The maximum Gasteiger partial charge on any atom is 0.341 e. The van der Waals surface area contributed by atoms with Crippen LogP contribution in [0, 0.1) is 13.8 Å². The van der Waals surface area contributed by atoms with Gasteiger partial charge in [-0.3, -0.25) is 9.59 Å². The lowest BCUT2D eigenvalue weighted by atomic mass is 10.1. The number of thiophene rings is 1. The highest BCUT2D eigenvalue weighted by Crippen LogP contribution is 2.34. The molecule has 166 valence electrons. The molecule has 0 fully saturated rings. The van der Waals surface area contributed by atoms with Crippen LogP contribution in [0.2, 0.25) is 5.02 Å². The van der Waals surface area contributed by atoms with Gasteiger partial charge in [-0.1, -0.05) is 29.8 Å². The van der Waals surface area contributed by atoms with Crippen LogP contribution >= 0.6 is 22.9 Å². The number of esters is 1. The number of hydrogen-bond acceptors (Lipinski definition) is 6. The molecule has 0 aliphatic heterocycles. The Morgan fingerprint density at radius 3 is 2.34 bits per heavy atom. The Bertz CT molecular complexity index is 1160. The fourth-order valence-electron chi connectivity index (χ4n) is 2.91. The zero-order valence-electron chi connectivity index (χ0n) is 17.7. The predicted molar refractivity (Wildman–Crippen MR) is 125 cm³/mol. The van der Waals surface area contributed by atoms with Crippen molar-refractivity contribution in [1.29, 1.82) is 0 Å². The van der Waals surface area contributed by atoms with Gasteiger partial charge in [0.25, 0.3) is 11.8 Å². The van der Waals surface area contributed by atoms with Crippen molar-refractivity contribution in [3.63, 3.8) is 0 Å². The SMILES string of the molecule is COC(=O)c1c(NC(=O)COc2ccccc2C)sc(C(=O)Nc2ccc(Cl)cc2)c1C. The zero-order valence-corrected chi connectivity index (χ0v) is 19.2. The van der Waals surface area contributed by atoms with Crippen LogP contribution < -0.4 is 15.4 Å². The van der Waals surface area contributed by atoms with E-state index >= 15 is 0 Å². The van der Waals surface area contributed by atoms with E-state index in [0.29, 0.717) is 22.0 Å². The molecule has 7 nitrogen and oxygen atoms in total. The van der Waals surface area contributed by atoms with Gasteiger partial charge in [0.1, 0.15) is 10.8 Å². The highest BCUT2D eigenvalue weighted by atomic mass is 35.5. The lowest BCUT2D eigenvalue weighted by Gasteiger charge is -2.09. The van der Waals surface area contributed by atoms with Crippen LogP contribution in [-0.2, 0) is 9.53 Å². The van der Waals surface area contributed by atoms with Gasteiger partial charge in [-0.25, -0.2) is 4.79 Å². The van der Waals surface area contributed by atoms with E-state index in [1.54, 1.807) is 37.3 Å². The molecule has 0 spiro atoms. The van der Waals surface area contributed by atoms with Crippen LogP contribution in [0.1, 0.15) is 31.2 Å². The number of nitrogens with one attached hydrogen (secondary N) is 2. The summed E-state index contributed by atoms with van der Waals surface area (Å²) < 4.78 is 10.4. The molecule has 0 radical (unpaired) electrons. The molecule has 1 heterocycles. The minimum absolute atomic E-state index is 0.128. The number of anilines is 2. The standard InChI is InChI=1S/C23H21ClN2O5S/c1-13-6-4-5-7-17(13)31-12-18(27)26-22-19(23(29)30-3)14(2)20(32-22)21(28)25-16-10-8-15(24)9-11-16/h4-11H,12H2,1-3H3,(H,25,28)(H,26,27). The normalized spacial score (nSPS) is 10.4. The van der Waals surface area contributed by atoms with Gasteiger partial charge in [0.2, 0.25) is 0 Å². The minimum Gasteiger partial charge on any atom is -0.483 e. The first kappa shape index (κ1) is 23.3. The second kappa shape index (κ2) is 10.3. The number of carbonyl (C=O) groups excluding carboxylic acids is 3. The molecular weight excluding hydrogens is 452 g/mol. The van der Waals surface area contributed by atoms with E-state index in [1.165, 1.54) is 7.11 Å². The van der Waals surface area contributed by atoms with Crippen molar-refractivity contribution in [2.45, 2.75) is 13.8 Å². The number of rotatable bonds is 7. The molecule has 0 atom stereocenters. The maximum absolute atomic E-state index is 12.8. The third-order valence-electron chi connectivity index (χ3n) is 4.55. The molecule has 1 aromatic heterocycles. The third kappa shape index (κ3) is 5.46. The van der Waals surface area contributed by atoms with E-state index in [9.17, 15) is 14.4 Å². The summed E-state index contributed by atoms with van der Waals surface area (Å²) in [5.74, 6) is -0.957. The molecule has 9 heteroatoms. The first-order chi connectivity index (χ1) is 15.3. The molecule has 0 saturated heterocycles. The molecule has 0 saturated carbocycles. The molecule has 2 N–H and O–H groups in total. The van der Waals surface area contributed by atoms with Crippen LogP contribution in [0.15, 0.2) is 48.5 Å². The first-order valence-corrected chi connectivity index (χ1v) is 10.8. The lowest BCUT2D eigenvalue weighted by molar-refractivity contribution is -0.118. The van der Waals surface area contributed by atoms with E-state index in [2.05, 4.69) is 10.6 Å². The number of carbonyl (C=O) groups is 3. The summed E-state index contributed by atoms with van der Waals surface area (Å²) in [5, 5.41) is 6.17. The average Bonchev–Trinajstić information content (AvgIpc) is 3.10.